The first kappa shape index (κ1) is 21.6. The Hall–Kier alpha value is -4.23. The van der Waals surface area contributed by atoms with Gasteiger partial charge in [-0.15, -0.1) is 5.10 Å². The highest BCUT2D eigenvalue weighted by molar-refractivity contribution is 8.18. The Labute approximate surface area is 201 Å². The molecule has 1 fully saturated rings. The molecule has 1 amide bonds. The first-order valence-electron chi connectivity index (χ1n) is 10.7. The Morgan fingerprint density at radius 3 is 2.47 bits per heavy atom. The molecule has 1 saturated heterocycles. The van der Waals surface area contributed by atoms with Crippen molar-refractivity contribution >= 4 is 35.1 Å². The van der Waals surface area contributed by atoms with Crippen LogP contribution in [0.5, 0.6) is 0 Å². The van der Waals surface area contributed by atoms with Gasteiger partial charge in [0.15, 0.2) is 5.17 Å². The number of rotatable bonds is 6. The van der Waals surface area contributed by atoms with Gasteiger partial charge in [-0.25, -0.2) is 0 Å². The van der Waals surface area contributed by atoms with Gasteiger partial charge in [-0.3, -0.25) is 14.7 Å². The molecule has 1 aliphatic heterocycles. The van der Waals surface area contributed by atoms with Crippen molar-refractivity contribution < 1.29 is 9.21 Å². The number of hydrogen-bond acceptors (Lipinski definition) is 6. The van der Waals surface area contributed by atoms with Crippen molar-refractivity contribution in [2.24, 2.45) is 10.2 Å². The number of nitrogens with zero attached hydrogens (tertiary/aromatic N) is 4. The second-order valence-corrected chi connectivity index (χ2v) is 8.49. The van der Waals surface area contributed by atoms with E-state index in [0.29, 0.717) is 15.8 Å². The van der Waals surface area contributed by atoms with E-state index in [2.05, 4.69) is 39.5 Å². The topological polar surface area (TPSA) is 71.1 Å². The van der Waals surface area contributed by atoms with Crippen LogP contribution in [0, 0.1) is 0 Å². The second kappa shape index (κ2) is 10.1. The predicted octanol–water partition coefficient (Wildman–Crippen LogP) is 5.85. The summed E-state index contributed by atoms with van der Waals surface area (Å²) >= 11 is 1.28. The van der Waals surface area contributed by atoms with Crippen molar-refractivity contribution in [3.63, 3.8) is 0 Å². The zero-order valence-electron chi connectivity index (χ0n) is 18.1. The van der Waals surface area contributed by atoms with Crippen molar-refractivity contribution in [1.29, 1.82) is 0 Å². The molecule has 0 bridgehead atoms. The van der Waals surface area contributed by atoms with Gasteiger partial charge in [0, 0.05) is 12.4 Å². The summed E-state index contributed by atoms with van der Waals surface area (Å²) in [5.74, 6) is 0.524. The van der Waals surface area contributed by atoms with E-state index in [4.69, 9.17) is 4.42 Å². The maximum absolute atomic E-state index is 13.1. The van der Waals surface area contributed by atoms with Crippen LogP contribution in [0.2, 0.25) is 0 Å². The Balaban J connectivity index is 1.37. The van der Waals surface area contributed by atoms with Gasteiger partial charge in [0.1, 0.15) is 5.76 Å². The second-order valence-electron chi connectivity index (χ2n) is 7.48. The molecule has 5 rings (SSSR count). The summed E-state index contributed by atoms with van der Waals surface area (Å²) < 4.78 is 5.44. The lowest BCUT2D eigenvalue weighted by molar-refractivity contribution is -0.122. The molecule has 0 spiro atoms. The van der Waals surface area contributed by atoms with Gasteiger partial charge < -0.3 is 4.42 Å². The van der Waals surface area contributed by atoms with E-state index in [1.165, 1.54) is 11.8 Å². The van der Waals surface area contributed by atoms with Crippen LogP contribution in [0.15, 0.2) is 117 Å². The minimum atomic E-state index is -0.147. The number of thioether (sulfide) groups is 1. The smallest absolute Gasteiger partial charge is 0.267 e. The van der Waals surface area contributed by atoms with E-state index in [1.54, 1.807) is 35.8 Å². The number of hydrogen-bond donors (Lipinski definition) is 0. The molecule has 166 valence electrons. The molecule has 4 aromatic rings. The molecule has 0 atom stereocenters. The number of aromatic nitrogens is 1. The van der Waals surface area contributed by atoms with Crippen LogP contribution in [-0.4, -0.2) is 27.2 Å². The highest BCUT2D eigenvalue weighted by Crippen LogP contribution is 2.33. The molecular weight excluding hydrogens is 444 g/mol. The third-order valence-corrected chi connectivity index (χ3v) is 6.13. The van der Waals surface area contributed by atoms with E-state index in [-0.39, 0.29) is 12.5 Å². The summed E-state index contributed by atoms with van der Waals surface area (Å²) in [5, 5.41) is 9.11. The highest BCUT2D eigenvalue weighted by Gasteiger charge is 2.34. The van der Waals surface area contributed by atoms with Gasteiger partial charge in [-0.1, -0.05) is 60.7 Å². The molecule has 6 nitrogen and oxygen atoms in total. The van der Waals surface area contributed by atoms with Crippen LogP contribution in [0.3, 0.4) is 0 Å². The summed E-state index contributed by atoms with van der Waals surface area (Å²) in [6.07, 6.45) is 8.49. The first-order valence-corrected chi connectivity index (χ1v) is 11.5. The molecule has 2 aromatic heterocycles. The summed E-state index contributed by atoms with van der Waals surface area (Å²) in [7, 11) is 0. The molecule has 3 heterocycles. The normalized spacial score (nSPS) is 16.2. The number of carbonyl (C=O) groups excluding carboxylic acids is 1. The van der Waals surface area contributed by atoms with Crippen LogP contribution in [0.4, 0.5) is 0 Å². The zero-order valence-corrected chi connectivity index (χ0v) is 18.9. The van der Waals surface area contributed by atoms with E-state index in [0.717, 1.165) is 22.3 Å². The minimum absolute atomic E-state index is 0.147. The SMILES string of the molecule is O=C1/C(=C/c2cccnc2)S/C(=N/N=C\c2ccc(-c3ccccc3)cc2)N1Cc1ccco1. The molecule has 7 heteroatoms. The Kier molecular flexibility index (Phi) is 6.45. The lowest BCUT2D eigenvalue weighted by Gasteiger charge is -2.12. The van der Waals surface area contributed by atoms with Gasteiger partial charge in [0.05, 0.1) is 23.9 Å². The third kappa shape index (κ3) is 5.05. The fourth-order valence-corrected chi connectivity index (χ4v) is 4.37. The molecule has 0 saturated carbocycles. The lowest BCUT2D eigenvalue weighted by Crippen LogP contribution is -2.28. The van der Waals surface area contributed by atoms with E-state index in [9.17, 15) is 4.79 Å². The van der Waals surface area contributed by atoms with Crippen molar-refractivity contribution in [3.8, 4) is 11.1 Å². The average molecular weight is 465 g/mol. The van der Waals surface area contributed by atoms with Crippen LogP contribution >= 0.6 is 11.8 Å². The molecule has 2 aromatic carbocycles. The zero-order chi connectivity index (χ0) is 23.2. The highest BCUT2D eigenvalue weighted by atomic mass is 32.2. The Morgan fingerprint density at radius 1 is 0.912 bits per heavy atom. The fraction of sp³-hybridized carbons (Fsp3) is 0.0370. The van der Waals surface area contributed by atoms with Crippen molar-refractivity contribution in [3.05, 3.63) is 119 Å². The number of benzene rings is 2. The van der Waals surface area contributed by atoms with E-state index in [1.807, 2.05) is 54.6 Å². The third-order valence-electron chi connectivity index (χ3n) is 5.13. The van der Waals surface area contributed by atoms with E-state index >= 15 is 0 Å². The van der Waals surface area contributed by atoms with Gasteiger partial charge in [0.2, 0.25) is 0 Å². The quantitative estimate of drug-likeness (QED) is 0.204. The number of carbonyl (C=O) groups is 1. The monoisotopic (exact) mass is 464 g/mol. The maximum atomic E-state index is 13.1. The Morgan fingerprint density at radius 2 is 1.74 bits per heavy atom. The van der Waals surface area contributed by atoms with Gasteiger partial charge >= 0.3 is 0 Å². The lowest BCUT2D eigenvalue weighted by atomic mass is 10.0. The standard InChI is InChI=1S/C27H20N4O2S/c32-26-25(16-21-6-4-14-28-17-21)34-27(31(26)19-24-9-5-15-33-24)30-29-18-20-10-12-23(13-11-20)22-7-2-1-3-8-22/h1-18H,19H2/b25-16-,29-18-,30-27+. The molecule has 34 heavy (non-hydrogen) atoms. The van der Waals surface area contributed by atoms with E-state index < -0.39 is 0 Å². The fourth-order valence-electron chi connectivity index (χ4n) is 3.43. The summed E-state index contributed by atoms with van der Waals surface area (Å²) in [6.45, 7) is 0.281. The van der Waals surface area contributed by atoms with Crippen molar-refractivity contribution in [2.45, 2.75) is 6.54 Å². The van der Waals surface area contributed by atoms with Crippen LogP contribution in [0.1, 0.15) is 16.9 Å². The van der Waals surface area contributed by atoms with Crippen molar-refractivity contribution in [1.82, 2.24) is 9.88 Å². The largest absolute Gasteiger partial charge is 0.467 e. The van der Waals surface area contributed by atoms with Crippen LogP contribution in [-0.2, 0) is 11.3 Å². The molecule has 0 N–H and O–H groups in total. The van der Waals surface area contributed by atoms with Crippen molar-refractivity contribution in [2.75, 3.05) is 0 Å². The summed E-state index contributed by atoms with van der Waals surface area (Å²) in [6, 6.07) is 25.6. The first-order chi connectivity index (χ1) is 16.8. The summed E-state index contributed by atoms with van der Waals surface area (Å²) in [5.41, 5.74) is 4.06. The number of amidine groups is 1. The van der Waals surface area contributed by atoms with Gasteiger partial charge in [0.25, 0.3) is 5.91 Å². The maximum Gasteiger partial charge on any atom is 0.267 e. The molecule has 1 aliphatic rings. The minimum Gasteiger partial charge on any atom is -0.467 e. The molecule has 0 radical (unpaired) electrons. The molecule has 0 unspecified atom stereocenters. The number of amides is 1. The molecular formula is C27H20N4O2S. The van der Waals surface area contributed by atoms with Gasteiger partial charge in [-0.2, -0.15) is 5.10 Å². The molecule has 0 aliphatic carbocycles. The van der Waals surface area contributed by atoms with Crippen LogP contribution < -0.4 is 0 Å². The number of furan rings is 1. The van der Waals surface area contributed by atoms with Crippen LogP contribution in [0.25, 0.3) is 17.2 Å². The number of pyridine rings is 1. The average Bonchev–Trinajstić information content (AvgIpc) is 3.50. The Bertz CT molecular complexity index is 1350. The van der Waals surface area contributed by atoms with Gasteiger partial charge in [-0.05, 0) is 58.3 Å². The predicted molar refractivity (Wildman–Crippen MR) is 136 cm³/mol. The summed E-state index contributed by atoms with van der Waals surface area (Å²) in [4.78, 5) is 19.3.